The van der Waals surface area contributed by atoms with Crippen molar-refractivity contribution in [2.45, 2.75) is 70.8 Å². The molecule has 158 valence electrons. The number of allylic oxidation sites excluding steroid dienone is 6. The summed E-state index contributed by atoms with van der Waals surface area (Å²) < 4.78 is 33.8. The number of alkyl halides is 2. The van der Waals surface area contributed by atoms with Crippen molar-refractivity contribution in [3.05, 3.63) is 60.9 Å². The van der Waals surface area contributed by atoms with E-state index in [0.717, 1.165) is 44.6 Å². The Hall–Kier alpha value is -1.68. The molecule has 1 N–H and O–H groups in total. The Labute approximate surface area is 169 Å². The van der Waals surface area contributed by atoms with Crippen LogP contribution >= 0.6 is 0 Å². The molecule has 0 bridgehead atoms. The van der Waals surface area contributed by atoms with Crippen molar-refractivity contribution in [1.82, 2.24) is 0 Å². The van der Waals surface area contributed by atoms with Crippen LogP contribution in [0.15, 0.2) is 60.9 Å². The number of rotatable bonds is 12. The van der Waals surface area contributed by atoms with Crippen LogP contribution in [0.1, 0.15) is 58.8 Å². The molecule has 1 fully saturated rings. The summed E-state index contributed by atoms with van der Waals surface area (Å²) in [5.41, 5.74) is 0. The summed E-state index contributed by atoms with van der Waals surface area (Å²) >= 11 is 0. The second kappa shape index (κ2) is 13.5. The Kier molecular flexibility index (Phi) is 11.7. The van der Waals surface area contributed by atoms with Gasteiger partial charge in [0, 0.05) is 5.92 Å². The molecule has 1 aliphatic rings. The van der Waals surface area contributed by atoms with Crippen LogP contribution in [0.3, 0.4) is 0 Å². The maximum absolute atomic E-state index is 14.3. The lowest BCUT2D eigenvalue weighted by Crippen LogP contribution is -2.31. The fourth-order valence-electron chi connectivity index (χ4n) is 3.47. The van der Waals surface area contributed by atoms with Gasteiger partial charge >= 0.3 is 0 Å². The summed E-state index contributed by atoms with van der Waals surface area (Å²) in [6, 6.07) is 0. The molecule has 28 heavy (non-hydrogen) atoms. The lowest BCUT2D eigenvalue weighted by atomic mass is 9.75. The Morgan fingerprint density at radius 1 is 1.29 bits per heavy atom. The lowest BCUT2D eigenvalue weighted by Gasteiger charge is -2.33. The van der Waals surface area contributed by atoms with Gasteiger partial charge in [-0.2, -0.15) is 8.78 Å². The normalized spacial score (nSPS) is 24.5. The zero-order valence-corrected chi connectivity index (χ0v) is 17.3. The van der Waals surface area contributed by atoms with Crippen LogP contribution in [0.4, 0.5) is 8.78 Å². The maximum Gasteiger partial charge on any atom is 0.299 e. The van der Waals surface area contributed by atoms with Gasteiger partial charge < -0.3 is 9.84 Å². The summed E-state index contributed by atoms with van der Waals surface area (Å²) in [7, 11) is 0. The van der Waals surface area contributed by atoms with E-state index in [4.69, 9.17) is 4.74 Å². The molecule has 2 nitrogen and oxygen atoms in total. The molecule has 0 radical (unpaired) electrons. The smallest absolute Gasteiger partial charge is 0.299 e. The van der Waals surface area contributed by atoms with Gasteiger partial charge in [0.05, 0.1) is 6.10 Å². The first-order chi connectivity index (χ1) is 13.4. The predicted octanol–water partition coefficient (Wildman–Crippen LogP) is 6.75. The zero-order valence-electron chi connectivity index (χ0n) is 17.3. The van der Waals surface area contributed by atoms with Crippen molar-refractivity contribution in [1.29, 1.82) is 0 Å². The summed E-state index contributed by atoms with van der Waals surface area (Å²) in [6.45, 7) is 6.77. The minimum absolute atomic E-state index is 0.203. The quantitative estimate of drug-likeness (QED) is 0.172. The fraction of sp³-hybridized carbons (Fsp3) is 0.583. The summed E-state index contributed by atoms with van der Waals surface area (Å²) in [5, 5.41) is 10.4. The van der Waals surface area contributed by atoms with Gasteiger partial charge in [-0.15, -0.1) is 0 Å². The molecule has 0 aromatic heterocycles. The molecule has 1 aliphatic carbocycles. The number of hydrogen-bond acceptors (Lipinski definition) is 2. The van der Waals surface area contributed by atoms with Gasteiger partial charge in [0.2, 0.25) is 0 Å². The topological polar surface area (TPSA) is 29.5 Å². The van der Waals surface area contributed by atoms with Gasteiger partial charge in [-0.3, -0.25) is 0 Å². The van der Waals surface area contributed by atoms with E-state index in [1.165, 1.54) is 12.2 Å². The highest BCUT2D eigenvalue weighted by Crippen LogP contribution is 2.35. The molecule has 0 heterocycles. The number of unbranched alkanes of at least 4 members (excludes halogenated alkanes) is 2. The van der Waals surface area contributed by atoms with Gasteiger partial charge in [-0.05, 0) is 56.8 Å². The molecule has 4 heteroatoms. The molecular weight excluding hydrogens is 358 g/mol. The summed E-state index contributed by atoms with van der Waals surface area (Å²) in [4.78, 5) is 0. The van der Waals surface area contributed by atoms with Crippen LogP contribution < -0.4 is 0 Å². The first kappa shape index (κ1) is 24.4. The molecule has 1 rings (SSSR count). The molecule has 0 aromatic carbocycles. The zero-order chi connectivity index (χ0) is 20.8. The Bertz CT molecular complexity index is 561. The van der Waals surface area contributed by atoms with E-state index in [1.807, 2.05) is 0 Å². The van der Waals surface area contributed by atoms with Crippen molar-refractivity contribution >= 4 is 0 Å². The second-order valence-electron chi connectivity index (χ2n) is 7.40. The highest BCUT2D eigenvalue weighted by atomic mass is 19.3. The molecule has 3 atom stereocenters. The highest BCUT2D eigenvalue weighted by molar-refractivity contribution is 5.17. The number of halogens is 2. The van der Waals surface area contributed by atoms with Crippen molar-refractivity contribution in [3.63, 3.8) is 0 Å². The summed E-state index contributed by atoms with van der Waals surface area (Å²) in [6.07, 6.45) is 19.3. The van der Waals surface area contributed by atoms with Crippen LogP contribution in [-0.4, -0.2) is 23.7 Å². The standard InChI is InChI=1S/C24H36F2O2/c1-4-7-8-9-10-14-20-15-11-16-23(27)22(20)17-18-24(25,26)19-28-21(12-5-2)13-6-3/h5-6,9-10,12-13,17-18,20,22-23,27H,2,4,7-8,11,14-16,19H2,1,3H3/b10-9-,13-6-,18-17+,21-12+. The third-order valence-corrected chi connectivity index (χ3v) is 5.00. The predicted molar refractivity (Wildman–Crippen MR) is 113 cm³/mol. The van der Waals surface area contributed by atoms with E-state index in [2.05, 4.69) is 25.7 Å². The molecule has 1 saturated carbocycles. The number of hydrogen-bond donors (Lipinski definition) is 1. The summed E-state index contributed by atoms with van der Waals surface area (Å²) in [5.74, 6) is -2.79. The van der Waals surface area contributed by atoms with Crippen LogP contribution in [0, 0.1) is 11.8 Å². The first-order valence-electron chi connectivity index (χ1n) is 10.4. The third kappa shape index (κ3) is 9.50. The SMILES string of the molecule is C=C/C=C(\C=C/C)OCC(F)(F)/C=C/C1C(O)CCCC1C/C=C\CCCC. The molecule has 0 amide bonds. The molecular formula is C24H36F2O2. The minimum Gasteiger partial charge on any atom is -0.487 e. The molecule has 0 aliphatic heterocycles. The number of aliphatic hydroxyl groups is 1. The highest BCUT2D eigenvalue weighted by Gasteiger charge is 2.32. The first-order valence-corrected chi connectivity index (χ1v) is 10.4. The third-order valence-electron chi connectivity index (χ3n) is 5.00. The van der Waals surface area contributed by atoms with Gasteiger partial charge in [0.25, 0.3) is 5.92 Å². The fourth-order valence-corrected chi connectivity index (χ4v) is 3.47. The monoisotopic (exact) mass is 394 g/mol. The Morgan fingerprint density at radius 3 is 2.75 bits per heavy atom. The van der Waals surface area contributed by atoms with E-state index >= 15 is 0 Å². The van der Waals surface area contributed by atoms with Crippen LogP contribution in [0.5, 0.6) is 0 Å². The Morgan fingerprint density at radius 2 is 2.07 bits per heavy atom. The van der Waals surface area contributed by atoms with Gasteiger partial charge in [0.15, 0.2) is 6.61 Å². The van der Waals surface area contributed by atoms with Crippen LogP contribution in [0.25, 0.3) is 0 Å². The average Bonchev–Trinajstić information content (AvgIpc) is 2.66. The van der Waals surface area contributed by atoms with E-state index in [0.29, 0.717) is 12.2 Å². The number of aliphatic hydroxyl groups excluding tert-OH is 1. The Balaban J connectivity index is 2.70. The van der Waals surface area contributed by atoms with E-state index in [1.54, 1.807) is 25.2 Å². The van der Waals surface area contributed by atoms with E-state index in [-0.39, 0.29) is 11.8 Å². The van der Waals surface area contributed by atoms with Crippen molar-refractivity contribution in [2.24, 2.45) is 11.8 Å². The second-order valence-corrected chi connectivity index (χ2v) is 7.40. The van der Waals surface area contributed by atoms with Gasteiger partial charge in [-0.25, -0.2) is 0 Å². The largest absolute Gasteiger partial charge is 0.487 e. The molecule has 3 unspecified atom stereocenters. The van der Waals surface area contributed by atoms with Crippen LogP contribution in [0.2, 0.25) is 0 Å². The minimum atomic E-state index is -3.10. The van der Waals surface area contributed by atoms with Crippen molar-refractivity contribution in [3.8, 4) is 0 Å². The maximum atomic E-state index is 14.3. The van der Waals surface area contributed by atoms with E-state index < -0.39 is 18.6 Å². The molecule has 0 aromatic rings. The van der Waals surface area contributed by atoms with E-state index in [9.17, 15) is 13.9 Å². The lowest BCUT2D eigenvalue weighted by molar-refractivity contribution is -0.0176. The van der Waals surface area contributed by atoms with Gasteiger partial charge in [-0.1, -0.05) is 63.1 Å². The van der Waals surface area contributed by atoms with Crippen molar-refractivity contribution in [2.75, 3.05) is 6.61 Å². The number of ether oxygens (including phenoxy) is 1. The molecule has 0 spiro atoms. The van der Waals surface area contributed by atoms with Crippen molar-refractivity contribution < 1.29 is 18.6 Å². The van der Waals surface area contributed by atoms with Gasteiger partial charge in [0.1, 0.15) is 5.76 Å². The molecule has 0 saturated heterocycles. The average molecular weight is 395 g/mol. The van der Waals surface area contributed by atoms with Crippen LogP contribution in [-0.2, 0) is 4.74 Å².